The zero-order valence-corrected chi connectivity index (χ0v) is 68.0. The minimum absolute atomic E-state index is 0. The summed E-state index contributed by atoms with van der Waals surface area (Å²) in [4.78, 5) is 22.8. The zero-order chi connectivity index (χ0) is 75.3. The predicted octanol–water partition coefficient (Wildman–Crippen LogP) is 20.4. The molecular formula is C103H78N8Zn+2. The molecule has 13 heterocycles. The number of benzene rings is 8. The van der Waals surface area contributed by atoms with E-state index in [9.17, 15) is 0 Å². The van der Waals surface area contributed by atoms with Gasteiger partial charge in [0.15, 0.2) is 0 Å². The first-order valence-electron chi connectivity index (χ1n) is 38.6. The molecule has 0 amide bonds. The van der Waals surface area contributed by atoms with Gasteiger partial charge in [0.2, 0.25) is 22.8 Å². The van der Waals surface area contributed by atoms with Gasteiger partial charge in [0, 0.05) is 35.4 Å². The van der Waals surface area contributed by atoms with E-state index in [1.807, 2.05) is 0 Å². The molecule has 8 aliphatic heterocycles. The zero-order valence-electron chi connectivity index (χ0n) is 65.0. The van der Waals surface area contributed by atoms with Gasteiger partial charge in [0.1, 0.15) is 0 Å². The molecular weight excluding hydrogens is 1410 g/mol. The third-order valence-corrected chi connectivity index (χ3v) is 23.9. The van der Waals surface area contributed by atoms with Crippen molar-refractivity contribution in [1.82, 2.24) is 29.1 Å². The Morgan fingerprint density at radius 3 is 0.938 bits per heavy atom. The van der Waals surface area contributed by atoms with Crippen molar-refractivity contribution in [3.05, 3.63) is 387 Å². The first kappa shape index (κ1) is 68.4. The number of hydrogen-bond donors (Lipinski definition) is 0. The van der Waals surface area contributed by atoms with Crippen molar-refractivity contribution in [1.29, 1.82) is 0 Å². The van der Waals surface area contributed by atoms with Crippen molar-refractivity contribution in [2.24, 2.45) is 0 Å². The summed E-state index contributed by atoms with van der Waals surface area (Å²) in [5, 5.41) is 2.36. The molecule has 1 atom stereocenters. The quantitative estimate of drug-likeness (QED) is 0.0863. The van der Waals surface area contributed by atoms with Crippen LogP contribution in [-0.2, 0) is 25.4 Å². The predicted molar refractivity (Wildman–Crippen MR) is 454 cm³/mol. The fraction of sp³-hybridized carbons (Fsp3) is 0.126. The van der Waals surface area contributed by atoms with Crippen LogP contribution in [0.4, 0.5) is 0 Å². The van der Waals surface area contributed by atoms with Crippen LogP contribution >= 0.6 is 0 Å². The molecule has 8 aliphatic rings. The Bertz CT molecular complexity index is 7000. The number of nitrogens with zero attached hydrogens (tertiary/aromatic N) is 8. The Hall–Kier alpha value is -12.9. The molecule has 0 aliphatic carbocycles. The summed E-state index contributed by atoms with van der Waals surface area (Å²) in [5.41, 5.74) is 47.6. The van der Waals surface area contributed by atoms with E-state index < -0.39 is 5.91 Å². The standard InChI is InChI=1S/C103H78N8.Zn/c1-57-13-25-72(26-14-57)96-84-43-45-86-97(73-27-15-58(2)16-28-73)88-47-49-90-99(91-50-48-89-98(74-29-17-59(3)18-30-74)87-46-44-85(96)109(87)103(108(84)86,110(88)90)111(89)91)75-33-23-70(24-34-75)20-19-69-21-31-71(32-22-69)95-76-35-37-78(104-76)100(92-63(7)51-60(4)52-64(92)8)80-39-41-82(106-80)102(94-67(11)55-62(6)56-68(94)12)83-42-40-81(107-83)101(79-38-36-77(95)105-79)93-65(9)53-61(5)54-66(93)10;/h13-18,21-56H,1-12H3;/q;+2. The maximum Gasteiger partial charge on any atom is 2.00 e. The van der Waals surface area contributed by atoms with Crippen molar-refractivity contribution >= 4 is 80.1 Å². The molecule has 1 unspecified atom stereocenters. The molecule has 8 bridgehead atoms. The van der Waals surface area contributed by atoms with Gasteiger partial charge >= 0.3 is 25.4 Å². The number of fused-ring (bicyclic) bond motifs is 8. The molecule has 530 valence electrons. The van der Waals surface area contributed by atoms with E-state index in [4.69, 9.17) is 19.9 Å². The molecule has 0 saturated carbocycles. The van der Waals surface area contributed by atoms with Crippen LogP contribution in [0.1, 0.15) is 134 Å². The van der Waals surface area contributed by atoms with Crippen LogP contribution in [0.15, 0.2) is 242 Å². The van der Waals surface area contributed by atoms with E-state index >= 15 is 0 Å². The summed E-state index contributed by atoms with van der Waals surface area (Å²) in [5.74, 6) is 6.32. The second-order valence-corrected chi connectivity index (χ2v) is 31.5. The molecule has 0 N–H and O–H groups in total. The summed E-state index contributed by atoms with van der Waals surface area (Å²) >= 11 is 0. The summed E-state index contributed by atoms with van der Waals surface area (Å²) in [6, 6.07) is 76.7. The van der Waals surface area contributed by atoms with Crippen LogP contribution in [0.3, 0.4) is 0 Å². The smallest absolute Gasteiger partial charge is 0.657 e. The molecule has 5 aromatic heterocycles. The number of hydrogen-bond acceptors (Lipinski definition) is 2. The van der Waals surface area contributed by atoms with E-state index in [0.717, 1.165) is 123 Å². The van der Waals surface area contributed by atoms with Gasteiger partial charge in [-0.15, -0.1) is 22.1 Å². The van der Waals surface area contributed by atoms with Crippen LogP contribution in [0, 0.1) is 94.9 Å². The first-order chi connectivity index (χ1) is 53.9. The maximum absolute atomic E-state index is 5.71. The minimum Gasteiger partial charge on any atom is -0.657 e. The van der Waals surface area contributed by atoms with E-state index in [-0.39, 0.29) is 19.5 Å². The molecule has 0 fully saturated rings. The average Bonchev–Trinajstić information content (AvgIpc) is 1.43. The van der Waals surface area contributed by atoms with Crippen molar-refractivity contribution in [2.45, 2.75) is 89.0 Å². The van der Waals surface area contributed by atoms with Crippen molar-refractivity contribution in [3.8, 4) is 56.3 Å². The molecule has 21 rings (SSSR count). The Labute approximate surface area is 665 Å². The van der Waals surface area contributed by atoms with Crippen LogP contribution in [0.5, 0.6) is 0 Å². The first-order valence-corrected chi connectivity index (χ1v) is 38.6. The van der Waals surface area contributed by atoms with Gasteiger partial charge in [-0.3, -0.25) is 0 Å². The number of aromatic nitrogens is 6. The van der Waals surface area contributed by atoms with Crippen LogP contribution in [-0.4, -0.2) is 39.7 Å². The van der Waals surface area contributed by atoms with Gasteiger partial charge in [0.05, 0.1) is 67.2 Å². The normalized spacial score (nSPS) is 15.6. The van der Waals surface area contributed by atoms with E-state index in [0.29, 0.717) is 0 Å². The fourth-order valence-corrected chi connectivity index (χ4v) is 19.5. The van der Waals surface area contributed by atoms with Gasteiger partial charge in [0.25, 0.3) is 0 Å². The molecule has 1 spiro atoms. The van der Waals surface area contributed by atoms with Crippen molar-refractivity contribution in [3.63, 3.8) is 0 Å². The molecule has 8 aromatic carbocycles. The third-order valence-electron chi connectivity index (χ3n) is 23.9. The van der Waals surface area contributed by atoms with Gasteiger partial charge in [-0.25, -0.2) is 9.97 Å². The molecule has 0 saturated heterocycles. The van der Waals surface area contributed by atoms with Gasteiger partial charge < -0.3 is 9.97 Å². The molecule has 9 heteroatoms. The molecule has 13 aromatic rings. The van der Waals surface area contributed by atoms with E-state index in [1.54, 1.807) is 0 Å². The molecule has 8 nitrogen and oxygen atoms in total. The van der Waals surface area contributed by atoms with Gasteiger partial charge in [-0.1, -0.05) is 212 Å². The van der Waals surface area contributed by atoms with E-state index in [2.05, 4.69) is 368 Å². The van der Waals surface area contributed by atoms with Crippen LogP contribution in [0.25, 0.3) is 113 Å². The summed E-state index contributed by atoms with van der Waals surface area (Å²) in [7, 11) is 0. The fourth-order valence-electron chi connectivity index (χ4n) is 19.5. The monoisotopic (exact) mass is 1490 g/mol. The maximum atomic E-state index is 5.71. The minimum atomic E-state index is -0.893. The Kier molecular flexibility index (Phi) is 15.5. The van der Waals surface area contributed by atoms with E-state index in [1.165, 1.54) is 134 Å². The summed E-state index contributed by atoms with van der Waals surface area (Å²) in [6.07, 6.45) is 18.2. The average molecular weight is 1490 g/mol. The second-order valence-electron chi connectivity index (χ2n) is 31.5. The van der Waals surface area contributed by atoms with Crippen molar-refractivity contribution in [2.75, 3.05) is 0 Å². The SMILES string of the molecule is Cc1ccc(C2=C3C=CC4=[N+]3C35n6c2ccc6C(c2ccc(C#Cc6ccc(-c7c8nc(c(-c9c(C)cc(C)cc9C)c9ccc([n-]9)c(-c9c(C)cc(C)cc9C)c9nc(c(-c%10c(C)cc(C)cc%10C)c%10ccc7[n-]%10)C=C9)C=C8)cc6)cc2)=C2C=CC(=[N+]23)C(c2ccc(C)cc2)=c2ccc(n25)=C4c2ccc(C)cc2)cc1.[Zn+2]. The van der Waals surface area contributed by atoms with Crippen molar-refractivity contribution < 1.29 is 28.6 Å². The molecule has 0 radical (unpaired) electrons. The van der Waals surface area contributed by atoms with Crippen LogP contribution in [0.2, 0.25) is 0 Å². The second kappa shape index (κ2) is 25.3. The Morgan fingerprint density at radius 2 is 0.589 bits per heavy atom. The summed E-state index contributed by atoms with van der Waals surface area (Å²) < 4.78 is 10.7. The van der Waals surface area contributed by atoms with Gasteiger partial charge in [-0.05, 0) is 256 Å². The third kappa shape index (κ3) is 10.1. The number of aryl methyl sites for hydroxylation is 12. The number of rotatable bonds is 8. The largest absolute Gasteiger partial charge is 2.00 e. The Balaban J connectivity index is 0.00000817. The summed E-state index contributed by atoms with van der Waals surface area (Å²) in [6.45, 7) is 26.3. The molecule has 112 heavy (non-hydrogen) atoms. The van der Waals surface area contributed by atoms with Crippen LogP contribution < -0.4 is 20.7 Å². The van der Waals surface area contributed by atoms with Gasteiger partial charge in [-0.2, -0.15) is 9.13 Å². The Morgan fingerprint density at radius 1 is 0.286 bits per heavy atom. The number of allylic oxidation sites excluding steroid dienone is 4. The topological polar surface area (TPSA) is 69.9 Å².